The number of carbonyl (C=O) groups excluding carboxylic acids is 1. The summed E-state index contributed by atoms with van der Waals surface area (Å²) in [5.41, 5.74) is 0.988. The first kappa shape index (κ1) is 27.1. The highest BCUT2D eigenvalue weighted by atomic mass is 32.2. The number of aryl methyl sites for hydroxylation is 2. The molecule has 2 aromatic rings. The van der Waals surface area contributed by atoms with Gasteiger partial charge in [-0.05, 0) is 65.3 Å². The van der Waals surface area contributed by atoms with Gasteiger partial charge in [-0.3, -0.25) is 8.37 Å². The number of carbonyl (C=O) groups is 1. The summed E-state index contributed by atoms with van der Waals surface area (Å²) < 4.78 is 66.9. The summed E-state index contributed by atoms with van der Waals surface area (Å²) in [5.74, 6) is 0. The molecule has 2 atom stereocenters. The first-order valence-corrected chi connectivity index (χ1v) is 13.9. The molecule has 0 saturated carbocycles. The molecule has 0 spiro atoms. The molecule has 1 saturated heterocycles. The normalized spacial score (nSPS) is 19.1. The number of hydrogen-bond acceptors (Lipinski definition) is 8. The van der Waals surface area contributed by atoms with E-state index in [2.05, 4.69) is 0 Å². The molecule has 1 aliphatic heterocycles. The van der Waals surface area contributed by atoms with Crippen molar-refractivity contribution in [2.24, 2.45) is 0 Å². The van der Waals surface area contributed by atoms with Crippen molar-refractivity contribution in [1.82, 2.24) is 4.90 Å². The molecule has 1 fully saturated rings. The molecule has 2 aromatic carbocycles. The fourth-order valence-corrected chi connectivity index (χ4v) is 5.55. The summed E-state index contributed by atoms with van der Waals surface area (Å²) in [6.45, 7) is 8.29. The Kier molecular flexibility index (Phi) is 7.95. The van der Waals surface area contributed by atoms with Crippen LogP contribution < -0.4 is 0 Å². The lowest BCUT2D eigenvalue weighted by Crippen LogP contribution is -2.42. The van der Waals surface area contributed by atoms with E-state index in [4.69, 9.17) is 13.1 Å². The first-order valence-electron chi connectivity index (χ1n) is 11.1. The molecule has 0 bridgehead atoms. The number of benzene rings is 2. The Morgan fingerprint density at radius 3 is 1.86 bits per heavy atom. The lowest BCUT2D eigenvalue weighted by Gasteiger charge is -2.28. The molecule has 1 aliphatic rings. The van der Waals surface area contributed by atoms with Gasteiger partial charge in [0.15, 0.2) is 0 Å². The van der Waals surface area contributed by atoms with Crippen LogP contribution >= 0.6 is 0 Å². The third-order valence-electron chi connectivity index (χ3n) is 5.30. The molecule has 0 aromatic heterocycles. The van der Waals surface area contributed by atoms with Crippen LogP contribution in [0.25, 0.3) is 0 Å². The van der Waals surface area contributed by atoms with Crippen LogP contribution in [0, 0.1) is 13.8 Å². The van der Waals surface area contributed by atoms with E-state index in [1.807, 2.05) is 13.8 Å². The largest absolute Gasteiger partial charge is 0.444 e. The number of ether oxygens (including phenoxy) is 1. The molecule has 3 rings (SSSR count). The van der Waals surface area contributed by atoms with Gasteiger partial charge in [0.2, 0.25) is 0 Å². The average Bonchev–Trinajstić information content (AvgIpc) is 3.14. The van der Waals surface area contributed by atoms with Crippen LogP contribution in [0.15, 0.2) is 58.3 Å². The molecule has 11 heteroatoms. The molecule has 0 N–H and O–H groups in total. The zero-order valence-corrected chi connectivity index (χ0v) is 22.1. The van der Waals surface area contributed by atoms with Crippen molar-refractivity contribution in [3.63, 3.8) is 0 Å². The van der Waals surface area contributed by atoms with Crippen LogP contribution in [0.5, 0.6) is 0 Å². The molecular formula is C24H31NO8S2. The summed E-state index contributed by atoms with van der Waals surface area (Å²) >= 11 is 0. The van der Waals surface area contributed by atoms with E-state index in [9.17, 15) is 21.6 Å². The summed E-state index contributed by atoms with van der Waals surface area (Å²) in [6, 6.07) is 11.6. The molecule has 9 nitrogen and oxygen atoms in total. The van der Waals surface area contributed by atoms with Gasteiger partial charge in [-0.1, -0.05) is 35.4 Å². The zero-order chi connectivity index (χ0) is 26.0. The van der Waals surface area contributed by atoms with Crippen LogP contribution in [-0.4, -0.2) is 58.7 Å². The van der Waals surface area contributed by atoms with Crippen molar-refractivity contribution < 1.29 is 34.7 Å². The Morgan fingerprint density at radius 2 is 1.37 bits per heavy atom. The van der Waals surface area contributed by atoms with Crippen molar-refractivity contribution in [2.45, 2.75) is 68.6 Å². The molecule has 1 amide bonds. The SMILES string of the molecule is Cc1ccc(S(=O)(=O)OC[C@@H]2C[C@H](OS(=O)(=O)c3ccc(C)cc3)CN2C(=O)OC(C)(C)C)cc1. The van der Waals surface area contributed by atoms with E-state index in [-0.39, 0.29) is 29.4 Å². The predicted molar refractivity (Wildman–Crippen MR) is 129 cm³/mol. The van der Waals surface area contributed by atoms with E-state index < -0.39 is 44.1 Å². The average molecular weight is 526 g/mol. The quantitative estimate of drug-likeness (QED) is 0.501. The maximum atomic E-state index is 12.8. The van der Waals surface area contributed by atoms with E-state index in [0.29, 0.717) is 0 Å². The maximum absolute atomic E-state index is 12.8. The second-order valence-electron chi connectivity index (χ2n) is 9.56. The molecular weight excluding hydrogens is 494 g/mol. The third-order valence-corrected chi connectivity index (χ3v) is 7.97. The van der Waals surface area contributed by atoms with Gasteiger partial charge in [-0.25, -0.2) is 4.79 Å². The van der Waals surface area contributed by atoms with Gasteiger partial charge in [-0.2, -0.15) is 16.8 Å². The van der Waals surface area contributed by atoms with E-state index >= 15 is 0 Å². The molecule has 0 radical (unpaired) electrons. The summed E-state index contributed by atoms with van der Waals surface area (Å²) in [5, 5.41) is 0. The van der Waals surface area contributed by atoms with Gasteiger partial charge in [0.1, 0.15) is 5.60 Å². The van der Waals surface area contributed by atoms with Gasteiger partial charge in [0.25, 0.3) is 20.2 Å². The standard InChI is InChI=1S/C24H31NO8S2/c1-17-6-10-21(11-7-17)34(27,28)31-16-19-14-20(15-25(19)23(26)32-24(3,4)5)33-35(29,30)22-12-8-18(2)9-13-22/h6-13,19-20H,14-16H2,1-5H3/t19-,20-/m0/s1. The van der Waals surface area contributed by atoms with Gasteiger partial charge in [0, 0.05) is 0 Å². The summed E-state index contributed by atoms with van der Waals surface area (Å²) in [7, 11) is -8.18. The Morgan fingerprint density at radius 1 is 0.886 bits per heavy atom. The molecule has 35 heavy (non-hydrogen) atoms. The van der Waals surface area contributed by atoms with Crippen molar-refractivity contribution >= 4 is 26.3 Å². The lowest BCUT2D eigenvalue weighted by molar-refractivity contribution is 0.0178. The monoisotopic (exact) mass is 525 g/mol. The minimum atomic E-state index is -4.10. The van der Waals surface area contributed by atoms with Gasteiger partial charge < -0.3 is 9.64 Å². The number of likely N-dealkylation sites (tertiary alicyclic amines) is 1. The first-order chi connectivity index (χ1) is 16.2. The summed E-state index contributed by atoms with van der Waals surface area (Å²) in [4.78, 5) is 14.1. The van der Waals surface area contributed by atoms with E-state index in [1.54, 1.807) is 45.0 Å². The Bertz CT molecular complexity index is 1250. The Balaban J connectivity index is 1.77. The predicted octanol–water partition coefficient (Wildman–Crippen LogP) is 3.79. The molecule has 0 unspecified atom stereocenters. The second-order valence-corrected chi connectivity index (χ2v) is 12.7. The number of amides is 1. The minimum Gasteiger partial charge on any atom is -0.444 e. The van der Waals surface area contributed by atoms with Gasteiger partial charge in [-0.15, -0.1) is 0 Å². The second kappa shape index (κ2) is 10.3. The van der Waals surface area contributed by atoms with Crippen LogP contribution in [0.2, 0.25) is 0 Å². The Labute approximate surface area is 207 Å². The van der Waals surface area contributed by atoms with E-state index in [0.717, 1.165) is 11.1 Å². The fourth-order valence-electron chi connectivity index (χ4n) is 3.53. The highest BCUT2D eigenvalue weighted by molar-refractivity contribution is 7.87. The van der Waals surface area contributed by atoms with Crippen LogP contribution in [0.3, 0.4) is 0 Å². The smallest absolute Gasteiger partial charge is 0.410 e. The molecule has 192 valence electrons. The van der Waals surface area contributed by atoms with Crippen LogP contribution in [-0.2, 0) is 33.3 Å². The molecule has 0 aliphatic carbocycles. The minimum absolute atomic E-state index is 0.00596. The molecule has 1 heterocycles. The number of nitrogens with zero attached hydrogens (tertiary/aromatic N) is 1. The van der Waals surface area contributed by atoms with Crippen LogP contribution in [0.4, 0.5) is 4.79 Å². The topological polar surface area (TPSA) is 116 Å². The highest BCUT2D eigenvalue weighted by Gasteiger charge is 2.41. The highest BCUT2D eigenvalue weighted by Crippen LogP contribution is 2.27. The number of hydrogen-bond donors (Lipinski definition) is 0. The third kappa shape index (κ3) is 7.26. The van der Waals surface area contributed by atoms with Crippen molar-refractivity contribution in [2.75, 3.05) is 13.2 Å². The van der Waals surface area contributed by atoms with Gasteiger partial charge >= 0.3 is 6.09 Å². The van der Waals surface area contributed by atoms with Crippen LogP contribution in [0.1, 0.15) is 38.3 Å². The lowest BCUT2D eigenvalue weighted by atomic mass is 10.2. The van der Waals surface area contributed by atoms with Crippen molar-refractivity contribution in [3.8, 4) is 0 Å². The fraction of sp³-hybridized carbons (Fsp3) is 0.458. The van der Waals surface area contributed by atoms with Crippen molar-refractivity contribution in [1.29, 1.82) is 0 Å². The van der Waals surface area contributed by atoms with E-state index in [1.165, 1.54) is 29.2 Å². The maximum Gasteiger partial charge on any atom is 0.410 e. The Hall–Kier alpha value is -2.47. The zero-order valence-electron chi connectivity index (χ0n) is 20.4. The number of rotatable bonds is 7. The summed E-state index contributed by atoms with van der Waals surface area (Å²) in [6.07, 6.45) is -1.56. The van der Waals surface area contributed by atoms with Crippen molar-refractivity contribution in [3.05, 3.63) is 59.7 Å². The van der Waals surface area contributed by atoms with Gasteiger partial charge in [0.05, 0.1) is 35.1 Å².